The standard InChI is InChI=1S/C24H20ClF3N2O2/c25-19-11-12-21(29-15-19)23(30-22(31)17-9-10-17,14-16-5-2-1-3-6-16)18-7-4-8-20(13-18)32-24(26,27)28/h1-8,11-13,15,17H,9-10,14H2,(H,30,31). The van der Waals surface area contributed by atoms with Crippen molar-refractivity contribution < 1.29 is 22.7 Å². The number of ether oxygens (including phenoxy) is 1. The molecule has 1 aromatic heterocycles. The quantitative estimate of drug-likeness (QED) is 0.496. The number of rotatable bonds is 7. The van der Waals surface area contributed by atoms with Gasteiger partial charge < -0.3 is 10.1 Å². The van der Waals surface area contributed by atoms with Crippen molar-refractivity contribution in [3.63, 3.8) is 0 Å². The first-order chi connectivity index (χ1) is 15.2. The summed E-state index contributed by atoms with van der Waals surface area (Å²) in [7, 11) is 0. The van der Waals surface area contributed by atoms with Gasteiger partial charge in [-0.1, -0.05) is 54.1 Å². The number of nitrogens with zero attached hydrogens (tertiary/aromatic N) is 1. The number of hydrogen-bond donors (Lipinski definition) is 1. The van der Waals surface area contributed by atoms with Gasteiger partial charge >= 0.3 is 6.36 Å². The van der Waals surface area contributed by atoms with Gasteiger partial charge in [-0.15, -0.1) is 13.2 Å². The second kappa shape index (κ2) is 8.82. The predicted molar refractivity (Wildman–Crippen MR) is 114 cm³/mol. The summed E-state index contributed by atoms with van der Waals surface area (Å²) in [5, 5.41) is 3.51. The summed E-state index contributed by atoms with van der Waals surface area (Å²) < 4.78 is 42.8. The number of carbonyl (C=O) groups excluding carboxylic acids is 1. The van der Waals surface area contributed by atoms with Crippen LogP contribution in [0.4, 0.5) is 13.2 Å². The first-order valence-corrected chi connectivity index (χ1v) is 10.5. The number of benzene rings is 2. The molecule has 3 aromatic rings. The average Bonchev–Trinajstić information content (AvgIpc) is 3.59. The smallest absolute Gasteiger partial charge is 0.406 e. The molecule has 1 N–H and O–H groups in total. The highest BCUT2D eigenvalue weighted by Gasteiger charge is 2.42. The van der Waals surface area contributed by atoms with E-state index in [1.54, 1.807) is 18.2 Å². The van der Waals surface area contributed by atoms with Gasteiger partial charge in [0.1, 0.15) is 11.3 Å². The van der Waals surface area contributed by atoms with Crippen LogP contribution >= 0.6 is 11.6 Å². The van der Waals surface area contributed by atoms with E-state index in [1.807, 2.05) is 30.3 Å². The first kappa shape index (κ1) is 22.1. The summed E-state index contributed by atoms with van der Waals surface area (Å²) in [4.78, 5) is 17.4. The molecule has 32 heavy (non-hydrogen) atoms. The van der Waals surface area contributed by atoms with E-state index in [0.717, 1.165) is 18.4 Å². The number of carbonyl (C=O) groups is 1. The normalized spacial score (nSPS) is 15.6. The molecule has 0 spiro atoms. The van der Waals surface area contributed by atoms with E-state index in [-0.39, 0.29) is 24.0 Å². The van der Waals surface area contributed by atoms with Crippen LogP contribution in [-0.2, 0) is 16.8 Å². The molecule has 1 atom stereocenters. The molecule has 1 unspecified atom stereocenters. The monoisotopic (exact) mass is 460 g/mol. The number of aromatic nitrogens is 1. The van der Waals surface area contributed by atoms with E-state index < -0.39 is 11.9 Å². The number of halogens is 4. The minimum atomic E-state index is -4.84. The Balaban J connectivity index is 1.87. The van der Waals surface area contributed by atoms with Gasteiger partial charge in [-0.3, -0.25) is 9.78 Å². The van der Waals surface area contributed by atoms with Gasteiger partial charge in [-0.05, 0) is 48.2 Å². The lowest BCUT2D eigenvalue weighted by molar-refractivity contribution is -0.274. The SMILES string of the molecule is O=C(NC(Cc1ccccc1)(c1cccc(OC(F)(F)F)c1)c1ccc(Cl)cn1)C1CC1. The van der Waals surface area contributed by atoms with Crippen molar-refractivity contribution in [1.82, 2.24) is 10.3 Å². The highest BCUT2D eigenvalue weighted by Crippen LogP contribution is 2.38. The Morgan fingerprint density at radius 1 is 1.06 bits per heavy atom. The van der Waals surface area contributed by atoms with Crippen LogP contribution in [0.5, 0.6) is 5.75 Å². The molecular formula is C24H20ClF3N2O2. The Morgan fingerprint density at radius 2 is 1.81 bits per heavy atom. The Labute approximate surface area is 188 Å². The molecule has 1 heterocycles. The van der Waals surface area contributed by atoms with Crippen LogP contribution in [0.1, 0.15) is 29.7 Å². The highest BCUT2D eigenvalue weighted by atomic mass is 35.5. The molecule has 1 amide bonds. The third-order valence-corrected chi connectivity index (χ3v) is 5.55. The lowest BCUT2D eigenvalue weighted by atomic mass is 9.80. The number of alkyl halides is 3. The van der Waals surface area contributed by atoms with Crippen molar-refractivity contribution in [2.45, 2.75) is 31.2 Å². The number of nitrogens with one attached hydrogen (secondary N) is 1. The van der Waals surface area contributed by atoms with Crippen molar-refractivity contribution in [2.75, 3.05) is 0 Å². The Kier molecular flexibility index (Phi) is 6.11. The minimum Gasteiger partial charge on any atom is -0.406 e. The van der Waals surface area contributed by atoms with Gasteiger partial charge in [0, 0.05) is 18.5 Å². The van der Waals surface area contributed by atoms with Gasteiger partial charge in [0.15, 0.2) is 0 Å². The van der Waals surface area contributed by atoms with Gasteiger partial charge in [-0.25, -0.2) is 0 Å². The fraction of sp³-hybridized carbons (Fsp3) is 0.250. The van der Waals surface area contributed by atoms with Crippen LogP contribution in [0.2, 0.25) is 5.02 Å². The second-order valence-corrected chi connectivity index (χ2v) is 8.20. The van der Waals surface area contributed by atoms with Crippen molar-refractivity contribution >= 4 is 17.5 Å². The van der Waals surface area contributed by atoms with Gasteiger partial charge in [-0.2, -0.15) is 0 Å². The molecule has 8 heteroatoms. The van der Waals surface area contributed by atoms with Gasteiger partial charge in [0.25, 0.3) is 0 Å². The molecular weight excluding hydrogens is 441 g/mol. The minimum absolute atomic E-state index is 0.118. The first-order valence-electron chi connectivity index (χ1n) is 10.1. The zero-order valence-electron chi connectivity index (χ0n) is 16.9. The third-order valence-electron chi connectivity index (χ3n) is 5.32. The van der Waals surface area contributed by atoms with Crippen LogP contribution < -0.4 is 10.1 Å². The Bertz CT molecular complexity index is 1090. The summed E-state index contributed by atoms with van der Waals surface area (Å²) in [5.41, 5.74) is 0.537. The topological polar surface area (TPSA) is 51.2 Å². The zero-order valence-corrected chi connectivity index (χ0v) is 17.7. The van der Waals surface area contributed by atoms with Crippen LogP contribution in [-0.4, -0.2) is 17.3 Å². The van der Waals surface area contributed by atoms with E-state index in [0.29, 0.717) is 16.3 Å². The fourth-order valence-corrected chi connectivity index (χ4v) is 3.78. The maximum absolute atomic E-state index is 13.0. The Hall–Kier alpha value is -3.06. The van der Waals surface area contributed by atoms with Crippen molar-refractivity contribution in [3.8, 4) is 5.75 Å². The van der Waals surface area contributed by atoms with Crippen molar-refractivity contribution in [3.05, 3.63) is 94.8 Å². The van der Waals surface area contributed by atoms with E-state index in [9.17, 15) is 18.0 Å². The molecule has 1 aliphatic carbocycles. The molecule has 1 saturated carbocycles. The summed E-state index contributed by atoms with van der Waals surface area (Å²) >= 11 is 6.04. The van der Waals surface area contributed by atoms with E-state index in [2.05, 4.69) is 15.0 Å². The molecule has 1 aliphatic rings. The Morgan fingerprint density at radius 3 is 2.44 bits per heavy atom. The molecule has 2 aromatic carbocycles. The molecule has 0 bridgehead atoms. The van der Waals surface area contributed by atoms with E-state index >= 15 is 0 Å². The summed E-state index contributed by atoms with van der Waals surface area (Å²) in [6.45, 7) is 0. The van der Waals surface area contributed by atoms with Crippen LogP contribution in [0.3, 0.4) is 0 Å². The van der Waals surface area contributed by atoms with Crippen LogP contribution in [0, 0.1) is 5.92 Å². The molecule has 0 radical (unpaired) electrons. The highest BCUT2D eigenvalue weighted by molar-refractivity contribution is 6.30. The fourth-order valence-electron chi connectivity index (χ4n) is 3.67. The largest absolute Gasteiger partial charge is 0.573 e. The zero-order chi connectivity index (χ0) is 22.8. The maximum Gasteiger partial charge on any atom is 0.573 e. The van der Waals surface area contributed by atoms with Crippen molar-refractivity contribution in [1.29, 1.82) is 0 Å². The van der Waals surface area contributed by atoms with Gasteiger partial charge in [0.2, 0.25) is 5.91 Å². The van der Waals surface area contributed by atoms with Crippen LogP contribution in [0.25, 0.3) is 0 Å². The predicted octanol–water partition coefficient (Wildman–Crippen LogP) is 5.65. The molecule has 4 nitrogen and oxygen atoms in total. The van der Waals surface area contributed by atoms with Crippen LogP contribution in [0.15, 0.2) is 72.9 Å². The number of amides is 1. The lowest BCUT2D eigenvalue weighted by Crippen LogP contribution is -2.49. The van der Waals surface area contributed by atoms with E-state index in [1.165, 1.54) is 24.4 Å². The lowest BCUT2D eigenvalue weighted by Gasteiger charge is -2.36. The number of hydrogen-bond acceptors (Lipinski definition) is 3. The maximum atomic E-state index is 13.0. The summed E-state index contributed by atoms with van der Waals surface area (Å²) in [5.74, 6) is -0.658. The second-order valence-electron chi connectivity index (χ2n) is 7.77. The molecule has 1 fully saturated rings. The van der Waals surface area contributed by atoms with Gasteiger partial charge in [0.05, 0.1) is 10.7 Å². The molecule has 166 valence electrons. The van der Waals surface area contributed by atoms with Crippen molar-refractivity contribution in [2.24, 2.45) is 5.92 Å². The molecule has 0 saturated heterocycles. The average molecular weight is 461 g/mol. The third kappa shape index (κ3) is 5.22. The summed E-state index contributed by atoms with van der Waals surface area (Å²) in [6.07, 6.45) is -1.56. The molecule has 4 rings (SSSR count). The molecule has 0 aliphatic heterocycles. The summed E-state index contributed by atoms with van der Waals surface area (Å²) in [6, 6.07) is 18.3. The number of pyridine rings is 1. The van der Waals surface area contributed by atoms with E-state index in [4.69, 9.17) is 11.6 Å².